The van der Waals surface area contributed by atoms with E-state index in [2.05, 4.69) is 0 Å². The molecule has 0 radical (unpaired) electrons. The molecule has 0 fully saturated rings. The molecule has 0 heterocycles. The fourth-order valence-corrected chi connectivity index (χ4v) is 4.34. The summed E-state index contributed by atoms with van der Waals surface area (Å²) in [5.74, 6) is 1.55. The van der Waals surface area contributed by atoms with Crippen molar-refractivity contribution in [1.82, 2.24) is 0 Å². The first kappa shape index (κ1) is 37.9. The molecule has 0 atom stereocenters. The molecule has 0 spiro atoms. The molecular formula is C38H50O10. The third-order valence-corrected chi connectivity index (χ3v) is 6.52. The van der Waals surface area contributed by atoms with E-state index >= 15 is 0 Å². The molecule has 0 aliphatic heterocycles. The van der Waals surface area contributed by atoms with Crippen LogP contribution in [0.5, 0.6) is 46.0 Å². The SMILES string of the molecule is CCCOc1cc(OCCC)c(C(=O)Oc2ccc(OC(=O)c3c(OCCC)cc(OCCC)cc3OCCC)cc2)c(OCCC)c1. The average Bonchev–Trinajstić information content (AvgIpc) is 3.09. The molecule has 0 N–H and O–H groups in total. The van der Waals surface area contributed by atoms with Crippen LogP contribution in [0.3, 0.4) is 0 Å². The molecule has 3 aromatic rings. The molecule has 262 valence electrons. The minimum atomic E-state index is -0.653. The Labute approximate surface area is 284 Å². The van der Waals surface area contributed by atoms with Gasteiger partial charge in [0.2, 0.25) is 0 Å². The molecule has 0 aliphatic carbocycles. The highest BCUT2D eigenvalue weighted by Crippen LogP contribution is 2.38. The fourth-order valence-electron chi connectivity index (χ4n) is 4.34. The van der Waals surface area contributed by atoms with Gasteiger partial charge in [-0.2, -0.15) is 0 Å². The monoisotopic (exact) mass is 666 g/mol. The number of carbonyl (C=O) groups is 2. The summed E-state index contributed by atoms with van der Waals surface area (Å²) >= 11 is 0. The van der Waals surface area contributed by atoms with E-state index in [4.69, 9.17) is 37.9 Å². The van der Waals surface area contributed by atoms with Crippen molar-refractivity contribution in [1.29, 1.82) is 0 Å². The van der Waals surface area contributed by atoms with Crippen LogP contribution in [-0.4, -0.2) is 51.6 Å². The van der Waals surface area contributed by atoms with Crippen molar-refractivity contribution in [2.24, 2.45) is 0 Å². The van der Waals surface area contributed by atoms with Crippen LogP contribution in [0, 0.1) is 0 Å². The summed E-state index contributed by atoms with van der Waals surface area (Å²) in [6.45, 7) is 14.6. The van der Waals surface area contributed by atoms with E-state index in [1.165, 1.54) is 0 Å². The van der Waals surface area contributed by atoms with Gasteiger partial charge in [0.05, 0.1) is 39.6 Å². The predicted molar refractivity (Wildman–Crippen MR) is 184 cm³/mol. The van der Waals surface area contributed by atoms with Gasteiger partial charge in [0.25, 0.3) is 0 Å². The van der Waals surface area contributed by atoms with Crippen molar-refractivity contribution >= 4 is 11.9 Å². The minimum Gasteiger partial charge on any atom is -0.493 e. The Morgan fingerprint density at radius 2 is 0.646 bits per heavy atom. The van der Waals surface area contributed by atoms with Gasteiger partial charge in [0.1, 0.15) is 57.1 Å². The second kappa shape index (κ2) is 20.6. The van der Waals surface area contributed by atoms with E-state index in [0.717, 1.165) is 38.5 Å². The van der Waals surface area contributed by atoms with Gasteiger partial charge in [-0.1, -0.05) is 41.5 Å². The summed E-state index contributed by atoms with van der Waals surface area (Å²) in [6, 6.07) is 12.9. The molecule has 0 unspecified atom stereocenters. The van der Waals surface area contributed by atoms with E-state index in [-0.39, 0.29) is 22.6 Å². The van der Waals surface area contributed by atoms with E-state index in [1.807, 2.05) is 41.5 Å². The zero-order valence-corrected chi connectivity index (χ0v) is 29.2. The highest BCUT2D eigenvalue weighted by molar-refractivity contribution is 5.98. The van der Waals surface area contributed by atoms with Gasteiger partial charge in [0, 0.05) is 24.3 Å². The van der Waals surface area contributed by atoms with Crippen LogP contribution in [0.15, 0.2) is 48.5 Å². The number of carbonyl (C=O) groups excluding carboxylic acids is 2. The maximum atomic E-state index is 13.5. The molecular weight excluding hydrogens is 616 g/mol. The molecule has 0 bridgehead atoms. The lowest BCUT2D eigenvalue weighted by atomic mass is 10.1. The Hall–Kier alpha value is -4.60. The molecule has 3 rings (SSSR count). The van der Waals surface area contributed by atoms with Crippen molar-refractivity contribution in [3.8, 4) is 46.0 Å². The summed E-state index contributed by atoms with van der Waals surface area (Å²) in [4.78, 5) is 27.1. The Balaban J connectivity index is 1.86. The zero-order valence-electron chi connectivity index (χ0n) is 29.2. The van der Waals surface area contributed by atoms with Gasteiger partial charge in [-0.05, 0) is 62.8 Å². The van der Waals surface area contributed by atoms with Gasteiger partial charge >= 0.3 is 11.9 Å². The van der Waals surface area contributed by atoms with E-state index < -0.39 is 11.9 Å². The molecule has 0 saturated heterocycles. The van der Waals surface area contributed by atoms with Gasteiger partial charge in [-0.25, -0.2) is 9.59 Å². The van der Waals surface area contributed by atoms with E-state index in [0.29, 0.717) is 74.1 Å². The first-order valence-electron chi connectivity index (χ1n) is 17.1. The first-order chi connectivity index (χ1) is 23.4. The standard InChI is InChI=1S/C38H50O10/c1-7-17-41-29-23-31(43-19-9-3)35(32(24-29)44-20-10-4)37(39)47-27-13-15-28(16-14-27)48-38(40)36-33(45-21-11-5)25-30(42-18-8-2)26-34(36)46-22-12-6/h13-16,23-26H,7-12,17-22H2,1-6H3. The third kappa shape index (κ3) is 11.3. The number of esters is 2. The number of rotatable bonds is 22. The molecule has 0 aliphatic rings. The summed E-state index contributed by atoms with van der Waals surface area (Å²) < 4.78 is 46.9. The minimum absolute atomic E-state index is 0.168. The Kier molecular flexibility index (Phi) is 16.2. The lowest BCUT2D eigenvalue weighted by molar-refractivity contribution is 0.0708. The molecule has 0 aromatic heterocycles. The maximum absolute atomic E-state index is 13.5. The van der Waals surface area contributed by atoms with Crippen molar-refractivity contribution in [2.45, 2.75) is 80.1 Å². The highest BCUT2D eigenvalue weighted by atomic mass is 16.6. The van der Waals surface area contributed by atoms with Crippen LogP contribution in [0.1, 0.15) is 101 Å². The largest absolute Gasteiger partial charge is 0.493 e. The Bertz CT molecular complexity index is 1270. The first-order valence-corrected chi connectivity index (χ1v) is 17.1. The third-order valence-electron chi connectivity index (χ3n) is 6.52. The molecule has 0 saturated carbocycles. The quantitative estimate of drug-likeness (QED) is 0.0762. The van der Waals surface area contributed by atoms with Crippen molar-refractivity contribution in [2.75, 3.05) is 39.6 Å². The smallest absolute Gasteiger partial charge is 0.351 e. The van der Waals surface area contributed by atoms with Crippen LogP contribution >= 0.6 is 0 Å². The molecule has 48 heavy (non-hydrogen) atoms. The second-order valence-electron chi connectivity index (χ2n) is 10.9. The summed E-state index contributed by atoms with van der Waals surface area (Å²) in [5.41, 5.74) is 0.337. The average molecular weight is 667 g/mol. The number of hydrogen-bond donors (Lipinski definition) is 0. The Morgan fingerprint density at radius 3 is 0.896 bits per heavy atom. The zero-order chi connectivity index (χ0) is 34.7. The number of ether oxygens (including phenoxy) is 8. The van der Waals surface area contributed by atoms with Crippen LogP contribution < -0.4 is 37.9 Å². The van der Waals surface area contributed by atoms with Gasteiger partial charge < -0.3 is 37.9 Å². The van der Waals surface area contributed by atoms with Gasteiger partial charge in [0.15, 0.2) is 0 Å². The fraction of sp³-hybridized carbons (Fsp3) is 0.474. The van der Waals surface area contributed by atoms with Crippen LogP contribution in [0.25, 0.3) is 0 Å². The number of hydrogen-bond acceptors (Lipinski definition) is 10. The van der Waals surface area contributed by atoms with Crippen molar-refractivity contribution in [3.05, 3.63) is 59.7 Å². The Morgan fingerprint density at radius 1 is 0.396 bits per heavy atom. The van der Waals surface area contributed by atoms with Crippen molar-refractivity contribution < 1.29 is 47.5 Å². The molecule has 10 heteroatoms. The summed E-state index contributed by atoms with van der Waals surface area (Å²) in [5, 5.41) is 0. The van der Waals surface area contributed by atoms with Gasteiger partial charge in [-0.3, -0.25) is 0 Å². The molecule has 3 aromatic carbocycles. The maximum Gasteiger partial charge on any atom is 0.351 e. The van der Waals surface area contributed by atoms with Crippen molar-refractivity contribution in [3.63, 3.8) is 0 Å². The molecule has 10 nitrogen and oxygen atoms in total. The lowest BCUT2D eigenvalue weighted by Crippen LogP contribution is -2.15. The normalized spacial score (nSPS) is 10.6. The summed E-state index contributed by atoms with van der Waals surface area (Å²) in [7, 11) is 0. The van der Waals surface area contributed by atoms with Crippen LogP contribution in [0.4, 0.5) is 0 Å². The van der Waals surface area contributed by atoms with E-state index in [1.54, 1.807) is 48.5 Å². The van der Waals surface area contributed by atoms with Gasteiger partial charge in [-0.15, -0.1) is 0 Å². The van der Waals surface area contributed by atoms with Crippen LogP contribution in [-0.2, 0) is 0 Å². The second-order valence-corrected chi connectivity index (χ2v) is 10.9. The van der Waals surface area contributed by atoms with Crippen LogP contribution in [0.2, 0.25) is 0 Å². The predicted octanol–water partition coefficient (Wildman–Crippen LogP) is 8.86. The number of benzene rings is 3. The topological polar surface area (TPSA) is 108 Å². The molecule has 0 amide bonds. The highest BCUT2D eigenvalue weighted by Gasteiger charge is 2.25. The van der Waals surface area contributed by atoms with E-state index in [9.17, 15) is 9.59 Å². The lowest BCUT2D eigenvalue weighted by Gasteiger charge is -2.18. The summed E-state index contributed by atoms with van der Waals surface area (Å²) in [6.07, 6.45) is 4.63.